The summed E-state index contributed by atoms with van der Waals surface area (Å²) < 4.78 is 63.0. The van der Waals surface area contributed by atoms with Crippen LogP contribution in [0.25, 0.3) is 0 Å². The summed E-state index contributed by atoms with van der Waals surface area (Å²) in [5, 5.41) is 14.7. The average molecular weight is 831 g/mol. The van der Waals surface area contributed by atoms with E-state index in [2.05, 4.69) is 60.8 Å². The van der Waals surface area contributed by atoms with Crippen LogP contribution in [-0.2, 0) is 4.74 Å². The standard InChI is InChI=1S/C18H17F2IN2O.C14H10F2INO2/c1-10-8-11(21)4-7-14(10)22-16-12(5-6-13(19)15(16)20)17-23-18(2,3)9-24-17;1-7-6-8(17)2-5-11(7)18-13-9(14(19)20)3-4-10(15)12(13)16/h4-8,22H,9H2,1-3H3;2-6,18H,1H3,(H,19,20). The number of hydrogen-bond acceptors (Lipinski definition) is 5. The molecule has 0 saturated heterocycles. The third-order valence-electron chi connectivity index (χ3n) is 6.51. The van der Waals surface area contributed by atoms with E-state index in [1.165, 1.54) is 6.07 Å². The second-order valence-electron chi connectivity index (χ2n) is 10.6. The molecule has 0 aromatic heterocycles. The molecule has 0 fully saturated rings. The Morgan fingerprint density at radius 3 is 1.80 bits per heavy atom. The number of nitrogens with one attached hydrogen (secondary N) is 2. The molecule has 0 atom stereocenters. The van der Waals surface area contributed by atoms with Crippen molar-refractivity contribution in [1.29, 1.82) is 0 Å². The molecule has 0 spiro atoms. The monoisotopic (exact) mass is 831 g/mol. The van der Waals surface area contributed by atoms with Gasteiger partial charge in [-0.05, 0) is 145 Å². The highest BCUT2D eigenvalue weighted by atomic mass is 127. The van der Waals surface area contributed by atoms with Gasteiger partial charge in [0.25, 0.3) is 0 Å². The van der Waals surface area contributed by atoms with Crippen LogP contribution >= 0.6 is 45.2 Å². The molecule has 1 aliphatic heterocycles. The summed E-state index contributed by atoms with van der Waals surface area (Å²) in [6.45, 7) is 7.96. The quantitative estimate of drug-likeness (QED) is 0.133. The molecule has 44 heavy (non-hydrogen) atoms. The van der Waals surface area contributed by atoms with Crippen molar-refractivity contribution in [1.82, 2.24) is 0 Å². The van der Waals surface area contributed by atoms with Crippen LogP contribution < -0.4 is 10.6 Å². The number of carboxylic acid groups (broad SMARTS) is 1. The highest BCUT2D eigenvalue weighted by Crippen LogP contribution is 2.32. The first-order valence-electron chi connectivity index (χ1n) is 13.2. The highest BCUT2D eigenvalue weighted by molar-refractivity contribution is 14.1. The van der Waals surface area contributed by atoms with Gasteiger partial charge in [0, 0.05) is 18.5 Å². The topological polar surface area (TPSA) is 83.0 Å². The van der Waals surface area contributed by atoms with Gasteiger partial charge in [-0.2, -0.15) is 0 Å². The number of halogens is 6. The fourth-order valence-electron chi connectivity index (χ4n) is 4.23. The molecule has 0 aliphatic carbocycles. The number of hydrogen-bond donors (Lipinski definition) is 3. The lowest BCUT2D eigenvalue weighted by Crippen LogP contribution is -2.17. The first-order chi connectivity index (χ1) is 20.7. The third-order valence-corrected chi connectivity index (χ3v) is 7.86. The molecule has 12 heteroatoms. The summed E-state index contributed by atoms with van der Waals surface area (Å²) >= 11 is 4.33. The largest absolute Gasteiger partial charge is 0.478 e. The molecular weight excluding hydrogens is 804 g/mol. The fraction of sp³-hybridized carbons (Fsp3) is 0.188. The molecule has 6 nitrogen and oxygen atoms in total. The molecule has 5 rings (SSSR count). The van der Waals surface area contributed by atoms with Crippen molar-refractivity contribution in [2.45, 2.75) is 33.2 Å². The van der Waals surface area contributed by atoms with E-state index in [0.29, 0.717) is 29.4 Å². The van der Waals surface area contributed by atoms with E-state index in [1.54, 1.807) is 19.1 Å². The number of aliphatic imine (C=N–C) groups is 1. The minimum absolute atomic E-state index is 0.0377. The maximum Gasteiger partial charge on any atom is 0.337 e. The second-order valence-corrected chi connectivity index (χ2v) is 13.1. The van der Waals surface area contributed by atoms with Gasteiger partial charge in [-0.15, -0.1) is 0 Å². The molecule has 230 valence electrons. The number of carbonyl (C=O) groups is 1. The summed E-state index contributed by atoms with van der Waals surface area (Å²) in [5.41, 5.74) is 2.35. The Balaban J connectivity index is 0.000000204. The lowest BCUT2D eigenvalue weighted by Gasteiger charge is -2.15. The van der Waals surface area contributed by atoms with Crippen molar-refractivity contribution < 1.29 is 32.2 Å². The molecule has 3 N–H and O–H groups in total. The van der Waals surface area contributed by atoms with E-state index in [9.17, 15) is 22.4 Å². The Hall–Kier alpha value is -3.40. The zero-order valence-corrected chi connectivity index (χ0v) is 28.3. The number of anilines is 4. The van der Waals surface area contributed by atoms with Crippen LogP contribution in [0.5, 0.6) is 0 Å². The maximum absolute atomic E-state index is 14.5. The van der Waals surface area contributed by atoms with Gasteiger partial charge in [-0.1, -0.05) is 0 Å². The van der Waals surface area contributed by atoms with Gasteiger partial charge in [0.15, 0.2) is 23.3 Å². The van der Waals surface area contributed by atoms with Gasteiger partial charge < -0.3 is 20.5 Å². The normalized spacial score (nSPS) is 13.4. The number of ether oxygens (including phenoxy) is 1. The van der Waals surface area contributed by atoms with Crippen molar-refractivity contribution in [2.75, 3.05) is 17.2 Å². The second kappa shape index (κ2) is 13.7. The Bertz CT molecular complexity index is 1780. The highest BCUT2D eigenvalue weighted by Gasteiger charge is 2.30. The molecule has 1 aliphatic rings. The number of aryl methyl sites for hydroxylation is 2. The average Bonchev–Trinajstić information content (AvgIpc) is 3.31. The van der Waals surface area contributed by atoms with Crippen molar-refractivity contribution in [2.24, 2.45) is 4.99 Å². The predicted molar refractivity (Wildman–Crippen MR) is 181 cm³/mol. The third kappa shape index (κ3) is 7.81. The van der Waals surface area contributed by atoms with E-state index in [1.807, 2.05) is 45.0 Å². The summed E-state index contributed by atoms with van der Waals surface area (Å²) in [7, 11) is 0. The van der Waals surface area contributed by atoms with Gasteiger partial charge in [-0.3, -0.25) is 0 Å². The van der Waals surface area contributed by atoms with Crippen LogP contribution in [0.2, 0.25) is 0 Å². The fourth-order valence-corrected chi connectivity index (χ4v) is 5.52. The van der Waals surface area contributed by atoms with Gasteiger partial charge in [-0.25, -0.2) is 27.3 Å². The molecule has 0 bridgehead atoms. The number of benzene rings is 4. The molecular formula is C32H27F4I2N3O3. The van der Waals surface area contributed by atoms with Crippen molar-refractivity contribution >= 4 is 79.8 Å². The molecule has 1 heterocycles. The predicted octanol–water partition coefficient (Wildman–Crippen LogP) is 9.50. The van der Waals surface area contributed by atoms with Crippen molar-refractivity contribution in [3.63, 3.8) is 0 Å². The number of rotatable bonds is 6. The van der Waals surface area contributed by atoms with E-state index in [4.69, 9.17) is 9.84 Å². The number of nitrogens with zero attached hydrogens (tertiary/aromatic N) is 1. The minimum atomic E-state index is -1.32. The first kappa shape index (κ1) is 33.5. The first-order valence-corrected chi connectivity index (χ1v) is 15.3. The zero-order valence-electron chi connectivity index (χ0n) is 24.0. The summed E-state index contributed by atoms with van der Waals surface area (Å²) in [5.74, 6) is -5.16. The van der Waals surface area contributed by atoms with Crippen LogP contribution in [0, 0.1) is 44.3 Å². The van der Waals surface area contributed by atoms with Crippen LogP contribution in [0.4, 0.5) is 40.3 Å². The maximum atomic E-state index is 14.5. The molecule has 0 radical (unpaired) electrons. The zero-order chi connectivity index (χ0) is 32.3. The Morgan fingerprint density at radius 1 is 0.818 bits per heavy atom. The molecule has 0 saturated carbocycles. The minimum Gasteiger partial charge on any atom is -0.478 e. The lowest BCUT2D eigenvalue weighted by atomic mass is 10.1. The van der Waals surface area contributed by atoms with E-state index in [0.717, 1.165) is 36.5 Å². The molecule has 0 unspecified atom stereocenters. The van der Waals surface area contributed by atoms with Gasteiger partial charge in [0.2, 0.25) is 5.90 Å². The van der Waals surface area contributed by atoms with Crippen LogP contribution in [0.3, 0.4) is 0 Å². The molecule has 0 amide bonds. The van der Waals surface area contributed by atoms with Gasteiger partial charge in [0.1, 0.15) is 6.61 Å². The van der Waals surface area contributed by atoms with E-state index < -0.39 is 29.2 Å². The van der Waals surface area contributed by atoms with Crippen molar-refractivity contribution in [3.05, 3.63) is 113 Å². The van der Waals surface area contributed by atoms with Crippen LogP contribution in [-0.4, -0.2) is 29.1 Å². The number of carboxylic acids is 1. The Labute approximate surface area is 279 Å². The van der Waals surface area contributed by atoms with E-state index >= 15 is 0 Å². The molecule has 4 aromatic carbocycles. The summed E-state index contributed by atoms with van der Waals surface area (Å²) in [6, 6.07) is 15.4. The van der Waals surface area contributed by atoms with Crippen LogP contribution in [0.15, 0.2) is 65.7 Å². The number of aromatic carboxylic acids is 1. The Kier molecular flexibility index (Phi) is 10.4. The van der Waals surface area contributed by atoms with Gasteiger partial charge in [0.05, 0.1) is 28.0 Å². The van der Waals surface area contributed by atoms with E-state index in [-0.39, 0.29) is 22.5 Å². The summed E-state index contributed by atoms with van der Waals surface area (Å²) in [4.78, 5) is 15.5. The van der Waals surface area contributed by atoms with Crippen LogP contribution in [0.1, 0.15) is 40.9 Å². The lowest BCUT2D eigenvalue weighted by molar-refractivity contribution is 0.0697. The molecule has 4 aromatic rings. The smallest absolute Gasteiger partial charge is 0.337 e. The SMILES string of the molecule is Cc1cc(I)ccc1Nc1c(C(=O)O)ccc(F)c1F.Cc1cc(I)ccc1Nc1c(C2=NC(C)(C)CO2)ccc(F)c1F. The van der Waals surface area contributed by atoms with Gasteiger partial charge >= 0.3 is 5.97 Å². The Morgan fingerprint density at radius 2 is 1.32 bits per heavy atom. The van der Waals surface area contributed by atoms with Crippen molar-refractivity contribution in [3.8, 4) is 0 Å². The summed E-state index contributed by atoms with van der Waals surface area (Å²) in [6.07, 6.45) is 0.